The molecule has 0 aliphatic heterocycles. The van der Waals surface area contributed by atoms with Crippen molar-refractivity contribution in [1.29, 1.82) is 0 Å². The number of nitrogens with one attached hydrogen (secondary N) is 1. The number of halogens is 3. The van der Waals surface area contributed by atoms with Crippen molar-refractivity contribution in [3.8, 4) is 5.75 Å². The number of hydrogen-bond donors (Lipinski definition) is 2. The Balaban J connectivity index is 2.23. The third-order valence-corrected chi connectivity index (χ3v) is 3.39. The molecule has 0 heterocycles. The first-order valence-electron chi connectivity index (χ1n) is 6.58. The van der Waals surface area contributed by atoms with E-state index in [-0.39, 0.29) is 11.3 Å². The number of phenols is 1. The number of rotatable bonds is 4. The van der Waals surface area contributed by atoms with E-state index in [1.807, 2.05) is 0 Å². The smallest absolute Gasteiger partial charge is 0.130 e. The molecule has 0 aromatic heterocycles. The molecule has 2 atom stereocenters. The van der Waals surface area contributed by atoms with Crippen molar-refractivity contribution in [2.45, 2.75) is 25.9 Å². The Morgan fingerprint density at radius 3 is 2.19 bits per heavy atom. The van der Waals surface area contributed by atoms with Gasteiger partial charge in [-0.05, 0) is 44.2 Å². The largest absolute Gasteiger partial charge is 0.508 e. The van der Waals surface area contributed by atoms with Crippen LogP contribution in [0, 0.1) is 17.5 Å². The van der Waals surface area contributed by atoms with Crippen molar-refractivity contribution in [2.24, 2.45) is 0 Å². The van der Waals surface area contributed by atoms with Crippen LogP contribution >= 0.6 is 0 Å². The normalized spacial score (nSPS) is 14.0. The van der Waals surface area contributed by atoms with Crippen molar-refractivity contribution in [3.05, 3.63) is 65.0 Å². The van der Waals surface area contributed by atoms with Gasteiger partial charge < -0.3 is 10.4 Å². The lowest BCUT2D eigenvalue weighted by Gasteiger charge is -2.22. The van der Waals surface area contributed by atoms with Gasteiger partial charge in [-0.2, -0.15) is 0 Å². The minimum atomic E-state index is -0.648. The van der Waals surface area contributed by atoms with Crippen LogP contribution in [0.3, 0.4) is 0 Å². The van der Waals surface area contributed by atoms with E-state index in [1.165, 1.54) is 30.3 Å². The summed E-state index contributed by atoms with van der Waals surface area (Å²) < 4.78 is 40.7. The van der Waals surface area contributed by atoms with Gasteiger partial charge in [-0.25, -0.2) is 13.2 Å². The quantitative estimate of drug-likeness (QED) is 0.885. The summed E-state index contributed by atoms with van der Waals surface area (Å²) in [6.07, 6.45) is 0. The molecule has 2 unspecified atom stereocenters. The molecule has 0 fully saturated rings. The van der Waals surface area contributed by atoms with Gasteiger partial charge in [-0.1, -0.05) is 6.07 Å². The topological polar surface area (TPSA) is 32.3 Å². The van der Waals surface area contributed by atoms with Crippen molar-refractivity contribution in [1.82, 2.24) is 5.32 Å². The van der Waals surface area contributed by atoms with Gasteiger partial charge in [0.25, 0.3) is 0 Å². The van der Waals surface area contributed by atoms with Gasteiger partial charge in [-0.3, -0.25) is 0 Å². The molecule has 0 aliphatic carbocycles. The average molecular weight is 295 g/mol. The maximum atomic E-state index is 13.7. The molecule has 0 saturated heterocycles. The van der Waals surface area contributed by atoms with Crippen LogP contribution in [-0.4, -0.2) is 5.11 Å². The number of aromatic hydroxyl groups is 1. The third-order valence-electron chi connectivity index (χ3n) is 3.39. The second kappa shape index (κ2) is 6.18. The fourth-order valence-corrected chi connectivity index (χ4v) is 2.34. The lowest BCUT2D eigenvalue weighted by atomic mass is 10.0. The summed E-state index contributed by atoms with van der Waals surface area (Å²) in [4.78, 5) is 0. The van der Waals surface area contributed by atoms with E-state index in [0.717, 1.165) is 6.07 Å². The molecule has 2 nitrogen and oxygen atoms in total. The SMILES string of the molecule is CC(NC(C)c1c(F)cccc1F)c1cc(F)ccc1O. The van der Waals surface area contributed by atoms with E-state index < -0.39 is 29.5 Å². The molecular formula is C16H16F3NO. The zero-order valence-corrected chi connectivity index (χ0v) is 11.7. The fourth-order valence-electron chi connectivity index (χ4n) is 2.34. The molecule has 2 N–H and O–H groups in total. The number of benzene rings is 2. The monoisotopic (exact) mass is 295 g/mol. The highest BCUT2D eigenvalue weighted by Gasteiger charge is 2.19. The van der Waals surface area contributed by atoms with Gasteiger partial charge in [0.1, 0.15) is 23.2 Å². The van der Waals surface area contributed by atoms with Crippen LogP contribution in [0.4, 0.5) is 13.2 Å². The van der Waals surface area contributed by atoms with Gasteiger partial charge >= 0.3 is 0 Å². The van der Waals surface area contributed by atoms with Gasteiger partial charge in [0.2, 0.25) is 0 Å². The van der Waals surface area contributed by atoms with E-state index in [9.17, 15) is 18.3 Å². The number of phenolic OH excluding ortho intramolecular Hbond substituents is 1. The van der Waals surface area contributed by atoms with E-state index in [2.05, 4.69) is 5.32 Å². The summed E-state index contributed by atoms with van der Waals surface area (Å²) in [6.45, 7) is 3.29. The second-order valence-electron chi connectivity index (χ2n) is 4.95. The Morgan fingerprint density at radius 1 is 0.952 bits per heavy atom. The molecular weight excluding hydrogens is 279 g/mol. The van der Waals surface area contributed by atoms with Gasteiger partial charge in [0.15, 0.2) is 0 Å². The Kier molecular flexibility index (Phi) is 4.53. The van der Waals surface area contributed by atoms with Crippen molar-refractivity contribution < 1.29 is 18.3 Å². The molecule has 2 aromatic rings. The van der Waals surface area contributed by atoms with Gasteiger partial charge in [0.05, 0.1) is 0 Å². The first-order chi connectivity index (χ1) is 9.90. The molecule has 0 amide bonds. The highest BCUT2D eigenvalue weighted by molar-refractivity contribution is 5.35. The van der Waals surface area contributed by atoms with Gasteiger partial charge in [-0.15, -0.1) is 0 Å². The fraction of sp³-hybridized carbons (Fsp3) is 0.250. The standard InChI is InChI=1S/C16H16F3NO/c1-9(12-8-11(17)6-7-15(12)21)20-10(2)16-13(18)4-3-5-14(16)19/h3-10,20-21H,1-2H3. The molecule has 2 aromatic carbocycles. The summed E-state index contributed by atoms with van der Waals surface area (Å²) in [6, 6.07) is 6.13. The van der Waals surface area contributed by atoms with Crippen LogP contribution in [0.5, 0.6) is 5.75 Å². The molecule has 2 rings (SSSR count). The first-order valence-corrected chi connectivity index (χ1v) is 6.58. The van der Waals surface area contributed by atoms with E-state index in [4.69, 9.17) is 0 Å². The van der Waals surface area contributed by atoms with E-state index in [1.54, 1.807) is 13.8 Å². The second-order valence-corrected chi connectivity index (χ2v) is 4.95. The highest BCUT2D eigenvalue weighted by atomic mass is 19.1. The van der Waals surface area contributed by atoms with Crippen LogP contribution in [0.15, 0.2) is 36.4 Å². The highest BCUT2D eigenvalue weighted by Crippen LogP contribution is 2.28. The minimum Gasteiger partial charge on any atom is -0.508 e. The summed E-state index contributed by atoms with van der Waals surface area (Å²) in [5.74, 6) is -1.85. The van der Waals surface area contributed by atoms with Gasteiger partial charge in [0, 0.05) is 23.2 Å². The van der Waals surface area contributed by atoms with Crippen molar-refractivity contribution >= 4 is 0 Å². The predicted octanol–water partition coefficient (Wildman–Crippen LogP) is 4.22. The van der Waals surface area contributed by atoms with Crippen LogP contribution in [-0.2, 0) is 0 Å². The molecule has 0 saturated carbocycles. The van der Waals surface area contributed by atoms with Crippen molar-refractivity contribution in [3.63, 3.8) is 0 Å². The summed E-state index contributed by atoms with van der Waals surface area (Å²) in [5.41, 5.74) is 0.249. The summed E-state index contributed by atoms with van der Waals surface area (Å²) >= 11 is 0. The maximum Gasteiger partial charge on any atom is 0.130 e. The molecule has 112 valence electrons. The first kappa shape index (κ1) is 15.4. The average Bonchev–Trinajstić information content (AvgIpc) is 2.41. The number of hydrogen-bond acceptors (Lipinski definition) is 2. The summed E-state index contributed by atoms with van der Waals surface area (Å²) in [5, 5.41) is 12.7. The minimum absolute atomic E-state index is 0.0717. The predicted molar refractivity (Wildman–Crippen MR) is 74.4 cm³/mol. The zero-order valence-electron chi connectivity index (χ0n) is 11.7. The Labute approximate surface area is 121 Å². The summed E-state index contributed by atoms with van der Waals surface area (Å²) in [7, 11) is 0. The third kappa shape index (κ3) is 3.36. The zero-order chi connectivity index (χ0) is 15.6. The van der Waals surface area contributed by atoms with E-state index in [0.29, 0.717) is 5.56 Å². The van der Waals surface area contributed by atoms with Crippen LogP contribution in [0.2, 0.25) is 0 Å². The molecule has 0 bridgehead atoms. The Morgan fingerprint density at radius 2 is 1.57 bits per heavy atom. The van der Waals surface area contributed by atoms with Crippen LogP contribution < -0.4 is 5.32 Å². The lowest BCUT2D eigenvalue weighted by Crippen LogP contribution is -2.24. The molecule has 0 spiro atoms. The Hall–Kier alpha value is -2.01. The van der Waals surface area contributed by atoms with Crippen LogP contribution in [0.25, 0.3) is 0 Å². The molecule has 21 heavy (non-hydrogen) atoms. The van der Waals surface area contributed by atoms with E-state index >= 15 is 0 Å². The Bertz CT molecular complexity index is 625. The molecule has 5 heteroatoms. The molecule has 0 aliphatic rings. The van der Waals surface area contributed by atoms with Crippen molar-refractivity contribution in [2.75, 3.05) is 0 Å². The lowest BCUT2D eigenvalue weighted by molar-refractivity contribution is 0.422. The maximum absolute atomic E-state index is 13.7. The van der Waals surface area contributed by atoms with Crippen LogP contribution in [0.1, 0.15) is 37.1 Å². The molecule has 0 radical (unpaired) electrons.